The van der Waals surface area contributed by atoms with E-state index in [2.05, 4.69) is 0 Å². The molecule has 2 heterocycles. The Morgan fingerprint density at radius 2 is 1.67 bits per heavy atom. The van der Waals surface area contributed by atoms with Crippen LogP contribution in [0.2, 0.25) is 0 Å². The third-order valence-electron chi connectivity index (χ3n) is 5.08. The number of piperazine rings is 1. The van der Waals surface area contributed by atoms with Crippen LogP contribution in [0.5, 0.6) is 11.5 Å². The first kappa shape index (κ1) is 19.4. The number of carbonyl (C=O) groups is 1. The van der Waals surface area contributed by atoms with Crippen molar-refractivity contribution < 1.29 is 24.1 Å². The van der Waals surface area contributed by atoms with Crippen LogP contribution >= 0.6 is 0 Å². The first-order valence-corrected chi connectivity index (χ1v) is 9.29. The van der Waals surface area contributed by atoms with Crippen LogP contribution in [0.1, 0.15) is 0 Å². The minimum Gasteiger partial charge on any atom is -0.485 e. The summed E-state index contributed by atoms with van der Waals surface area (Å²) in [6, 6.07) is 10.7. The third kappa shape index (κ3) is 3.69. The van der Waals surface area contributed by atoms with Crippen molar-refractivity contribution in [1.82, 2.24) is 4.90 Å². The van der Waals surface area contributed by atoms with E-state index in [1.165, 1.54) is 12.1 Å². The van der Waals surface area contributed by atoms with E-state index in [1.807, 2.05) is 6.07 Å². The highest BCUT2D eigenvalue weighted by molar-refractivity contribution is 5.82. The number of amides is 1. The standard InChI is InChI=1S/C19H18N4O7/c24-19(18-12-29-16-3-1-2-4-17(16)30-18)21-9-7-20(8-10-21)14-6-5-13(22(25)26)11-15(14)23(27)28/h1-6,11,18H,7-10,12H2. The Bertz CT molecular complexity index is 1000. The van der Waals surface area contributed by atoms with Gasteiger partial charge in [-0.2, -0.15) is 0 Å². The van der Waals surface area contributed by atoms with Gasteiger partial charge in [0, 0.05) is 32.2 Å². The molecule has 0 N–H and O–H groups in total. The minimum absolute atomic E-state index is 0.115. The molecule has 1 amide bonds. The Hall–Kier alpha value is -3.89. The van der Waals surface area contributed by atoms with E-state index < -0.39 is 16.0 Å². The van der Waals surface area contributed by atoms with Crippen LogP contribution in [0.25, 0.3) is 0 Å². The topological polar surface area (TPSA) is 128 Å². The Labute approximate surface area is 170 Å². The van der Waals surface area contributed by atoms with Crippen LogP contribution in [0.4, 0.5) is 17.1 Å². The van der Waals surface area contributed by atoms with Gasteiger partial charge in [0.05, 0.1) is 15.9 Å². The summed E-state index contributed by atoms with van der Waals surface area (Å²) in [4.78, 5) is 37.2. The van der Waals surface area contributed by atoms with E-state index in [1.54, 1.807) is 28.0 Å². The van der Waals surface area contributed by atoms with Crippen LogP contribution in [-0.4, -0.2) is 59.5 Å². The van der Waals surface area contributed by atoms with Crippen molar-refractivity contribution in [3.8, 4) is 11.5 Å². The van der Waals surface area contributed by atoms with Gasteiger partial charge in [0.1, 0.15) is 12.3 Å². The molecule has 1 atom stereocenters. The molecule has 0 radical (unpaired) electrons. The summed E-state index contributed by atoms with van der Waals surface area (Å²) in [7, 11) is 0. The van der Waals surface area contributed by atoms with Crippen molar-refractivity contribution in [3.05, 3.63) is 62.7 Å². The normalized spacial score (nSPS) is 18.1. The van der Waals surface area contributed by atoms with Crippen molar-refractivity contribution in [1.29, 1.82) is 0 Å². The summed E-state index contributed by atoms with van der Waals surface area (Å²) in [6.45, 7) is 1.51. The van der Waals surface area contributed by atoms with E-state index >= 15 is 0 Å². The fourth-order valence-electron chi connectivity index (χ4n) is 3.55. The lowest BCUT2D eigenvalue weighted by Crippen LogP contribution is -2.54. The maximum absolute atomic E-state index is 12.8. The first-order valence-electron chi connectivity index (χ1n) is 9.29. The summed E-state index contributed by atoms with van der Waals surface area (Å²) in [5, 5.41) is 22.3. The molecule has 0 aliphatic carbocycles. The van der Waals surface area contributed by atoms with E-state index in [4.69, 9.17) is 9.47 Å². The number of rotatable bonds is 4. The predicted molar refractivity (Wildman–Crippen MR) is 105 cm³/mol. The molecule has 11 nitrogen and oxygen atoms in total. The maximum atomic E-state index is 12.8. The molecule has 2 aliphatic rings. The van der Waals surface area contributed by atoms with Gasteiger partial charge in [-0.3, -0.25) is 25.0 Å². The molecule has 0 aromatic heterocycles. The zero-order valence-electron chi connectivity index (χ0n) is 15.8. The van der Waals surface area contributed by atoms with Crippen LogP contribution < -0.4 is 14.4 Å². The van der Waals surface area contributed by atoms with Crippen molar-refractivity contribution in [2.45, 2.75) is 6.10 Å². The number of fused-ring (bicyclic) bond motifs is 1. The number of ether oxygens (including phenoxy) is 2. The second-order valence-corrected chi connectivity index (χ2v) is 6.86. The average Bonchev–Trinajstić information content (AvgIpc) is 2.78. The number of non-ortho nitro benzene ring substituents is 1. The van der Waals surface area contributed by atoms with Gasteiger partial charge in [-0.15, -0.1) is 0 Å². The van der Waals surface area contributed by atoms with Crippen LogP contribution in [-0.2, 0) is 4.79 Å². The van der Waals surface area contributed by atoms with E-state index in [-0.39, 0.29) is 23.9 Å². The molecule has 4 rings (SSSR count). The number of hydrogen-bond acceptors (Lipinski definition) is 8. The first-order chi connectivity index (χ1) is 14.4. The van der Waals surface area contributed by atoms with Crippen molar-refractivity contribution in [3.63, 3.8) is 0 Å². The van der Waals surface area contributed by atoms with Gasteiger partial charge in [0.25, 0.3) is 17.3 Å². The number of nitro groups is 2. The van der Waals surface area contributed by atoms with Gasteiger partial charge in [-0.25, -0.2) is 0 Å². The molecule has 0 saturated carbocycles. The van der Waals surface area contributed by atoms with Crippen LogP contribution in [0.15, 0.2) is 42.5 Å². The minimum atomic E-state index is -0.750. The maximum Gasteiger partial charge on any atom is 0.299 e. The highest BCUT2D eigenvalue weighted by Gasteiger charge is 2.34. The zero-order chi connectivity index (χ0) is 21.3. The fourth-order valence-corrected chi connectivity index (χ4v) is 3.55. The van der Waals surface area contributed by atoms with Crippen LogP contribution in [0.3, 0.4) is 0 Å². The van der Waals surface area contributed by atoms with Gasteiger partial charge in [-0.05, 0) is 18.2 Å². The highest BCUT2D eigenvalue weighted by Crippen LogP contribution is 2.33. The molecule has 11 heteroatoms. The number of nitro benzene ring substituents is 2. The zero-order valence-corrected chi connectivity index (χ0v) is 15.8. The Morgan fingerprint density at radius 3 is 2.33 bits per heavy atom. The largest absolute Gasteiger partial charge is 0.485 e. The molecule has 1 fully saturated rings. The van der Waals surface area contributed by atoms with Gasteiger partial charge in [0.15, 0.2) is 11.5 Å². The molecule has 2 aromatic rings. The van der Waals surface area contributed by atoms with Gasteiger partial charge < -0.3 is 19.3 Å². The van der Waals surface area contributed by atoms with Gasteiger partial charge >= 0.3 is 0 Å². The van der Waals surface area contributed by atoms with Crippen molar-refractivity contribution in [2.24, 2.45) is 0 Å². The lowest BCUT2D eigenvalue weighted by Gasteiger charge is -2.37. The van der Waals surface area contributed by atoms with Gasteiger partial charge in [0.2, 0.25) is 6.10 Å². The molecular weight excluding hydrogens is 396 g/mol. The number of nitrogens with zero attached hydrogens (tertiary/aromatic N) is 4. The summed E-state index contributed by atoms with van der Waals surface area (Å²) < 4.78 is 11.4. The van der Waals surface area contributed by atoms with E-state index in [9.17, 15) is 25.0 Å². The van der Waals surface area contributed by atoms with Crippen molar-refractivity contribution >= 4 is 23.0 Å². The molecule has 2 aliphatic heterocycles. The molecule has 1 saturated heterocycles. The highest BCUT2D eigenvalue weighted by atomic mass is 16.6. The average molecular weight is 414 g/mol. The van der Waals surface area contributed by atoms with E-state index in [0.717, 1.165) is 6.07 Å². The summed E-state index contributed by atoms with van der Waals surface area (Å²) >= 11 is 0. The predicted octanol–water partition coefficient (Wildman–Crippen LogP) is 1.99. The number of carbonyl (C=O) groups excluding carboxylic acids is 1. The van der Waals surface area contributed by atoms with Crippen LogP contribution in [0, 0.1) is 20.2 Å². The molecule has 156 valence electrons. The second-order valence-electron chi connectivity index (χ2n) is 6.86. The Balaban J connectivity index is 1.42. The van der Waals surface area contributed by atoms with E-state index in [0.29, 0.717) is 43.4 Å². The quantitative estimate of drug-likeness (QED) is 0.549. The number of hydrogen-bond donors (Lipinski definition) is 0. The lowest BCUT2D eigenvalue weighted by atomic mass is 10.2. The molecule has 0 spiro atoms. The Morgan fingerprint density at radius 1 is 0.967 bits per heavy atom. The molecule has 1 unspecified atom stereocenters. The molecule has 2 aromatic carbocycles. The third-order valence-corrected chi connectivity index (χ3v) is 5.08. The monoisotopic (exact) mass is 414 g/mol. The number of benzene rings is 2. The molecule has 0 bridgehead atoms. The summed E-state index contributed by atoms with van der Waals surface area (Å²) in [6.07, 6.45) is -0.750. The number of anilines is 1. The van der Waals surface area contributed by atoms with Crippen molar-refractivity contribution in [2.75, 3.05) is 37.7 Å². The second kappa shape index (κ2) is 7.85. The molecule has 30 heavy (non-hydrogen) atoms. The Kier molecular flexibility index (Phi) is 5.09. The number of para-hydroxylation sites is 2. The van der Waals surface area contributed by atoms with Gasteiger partial charge in [-0.1, -0.05) is 12.1 Å². The fraction of sp³-hybridized carbons (Fsp3) is 0.316. The lowest BCUT2D eigenvalue weighted by molar-refractivity contribution is -0.393. The summed E-state index contributed by atoms with van der Waals surface area (Å²) in [5.74, 6) is 0.904. The smallest absolute Gasteiger partial charge is 0.299 e. The SMILES string of the molecule is O=C(C1COc2ccccc2O1)N1CCN(c2ccc([N+](=O)[O-])cc2[N+](=O)[O-])CC1. The molecular formula is C19H18N4O7. The summed E-state index contributed by atoms with van der Waals surface area (Å²) in [5.41, 5.74) is -0.373.